The van der Waals surface area contributed by atoms with Crippen LogP contribution in [-0.2, 0) is 5.41 Å². The Balaban J connectivity index is 2.15. The zero-order valence-corrected chi connectivity index (χ0v) is 11.6. The Morgan fingerprint density at radius 3 is 2.56 bits per heavy atom. The second kappa shape index (κ2) is 4.79. The number of hydrogen-bond donors (Lipinski definition) is 0. The summed E-state index contributed by atoms with van der Waals surface area (Å²) in [5, 5.41) is 0. The molecule has 1 aromatic rings. The first-order valence-electron chi connectivity index (χ1n) is 6.01. The zero-order valence-electron chi connectivity index (χ0n) is 10.0. The molecule has 0 amide bonds. The van der Waals surface area contributed by atoms with E-state index in [0.717, 1.165) is 12.4 Å². The molecule has 1 aliphatic rings. The van der Waals surface area contributed by atoms with Crippen LogP contribution < -0.4 is 4.74 Å². The Bertz CT molecular complexity index is 346. The number of benzene rings is 1. The van der Waals surface area contributed by atoms with Gasteiger partial charge >= 0.3 is 0 Å². The molecule has 1 saturated carbocycles. The van der Waals surface area contributed by atoms with Crippen molar-refractivity contribution in [2.45, 2.75) is 43.4 Å². The fourth-order valence-corrected chi connectivity index (χ4v) is 3.49. The van der Waals surface area contributed by atoms with Crippen LogP contribution in [0.5, 0.6) is 5.75 Å². The van der Waals surface area contributed by atoms with E-state index in [1.54, 1.807) is 0 Å². The monoisotopic (exact) mass is 282 g/mol. The van der Waals surface area contributed by atoms with Crippen LogP contribution in [0.1, 0.15) is 38.7 Å². The quantitative estimate of drug-likeness (QED) is 0.752. The molecule has 88 valence electrons. The van der Waals surface area contributed by atoms with Crippen molar-refractivity contribution in [1.29, 1.82) is 0 Å². The molecule has 1 aliphatic carbocycles. The van der Waals surface area contributed by atoms with Gasteiger partial charge < -0.3 is 4.74 Å². The molecule has 0 N–H and O–H groups in total. The summed E-state index contributed by atoms with van der Waals surface area (Å²) in [5.74, 6) is 0.975. The fourth-order valence-electron chi connectivity index (χ4n) is 2.55. The van der Waals surface area contributed by atoms with Gasteiger partial charge in [0.1, 0.15) is 5.75 Å². The molecule has 2 atom stereocenters. The van der Waals surface area contributed by atoms with Crippen LogP contribution in [0.15, 0.2) is 24.3 Å². The first kappa shape index (κ1) is 12.0. The van der Waals surface area contributed by atoms with E-state index < -0.39 is 0 Å². The van der Waals surface area contributed by atoms with E-state index >= 15 is 0 Å². The molecule has 2 heteroatoms. The van der Waals surface area contributed by atoms with E-state index in [1.807, 2.05) is 6.92 Å². The summed E-state index contributed by atoms with van der Waals surface area (Å²) in [7, 11) is 0. The molecular formula is C14H19BrO. The molecule has 0 spiro atoms. The van der Waals surface area contributed by atoms with Gasteiger partial charge in [-0.15, -0.1) is 0 Å². The lowest BCUT2D eigenvalue weighted by Gasteiger charge is -2.24. The zero-order chi connectivity index (χ0) is 11.6. The van der Waals surface area contributed by atoms with Gasteiger partial charge in [0.05, 0.1) is 6.61 Å². The molecular weight excluding hydrogens is 264 g/mol. The van der Waals surface area contributed by atoms with Crippen LogP contribution in [0.2, 0.25) is 0 Å². The molecule has 2 unspecified atom stereocenters. The Morgan fingerprint density at radius 1 is 1.38 bits per heavy atom. The van der Waals surface area contributed by atoms with Crippen LogP contribution in [0.3, 0.4) is 0 Å². The van der Waals surface area contributed by atoms with Crippen LogP contribution in [0.4, 0.5) is 0 Å². The van der Waals surface area contributed by atoms with Gasteiger partial charge in [0.25, 0.3) is 0 Å². The molecule has 1 aromatic carbocycles. The lowest BCUT2D eigenvalue weighted by molar-refractivity contribution is 0.340. The Labute approximate surface area is 106 Å². The molecule has 1 nitrogen and oxygen atoms in total. The van der Waals surface area contributed by atoms with Gasteiger partial charge in [-0.2, -0.15) is 0 Å². The highest BCUT2D eigenvalue weighted by atomic mass is 79.9. The standard InChI is InChI=1S/C14H19BrO/c1-3-16-13-6-4-11(5-7-13)14(2)9-8-12(15)10-14/h4-7,12H,3,8-10H2,1-2H3. The number of alkyl halides is 1. The average Bonchev–Trinajstić information content (AvgIpc) is 2.61. The average molecular weight is 283 g/mol. The lowest BCUT2D eigenvalue weighted by Crippen LogP contribution is -2.17. The van der Waals surface area contributed by atoms with Crippen molar-refractivity contribution in [1.82, 2.24) is 0 Å². The SMILES string of the molecule is CCOc1ccc(C2(C)CCC(Br)C2)cc1. The van der Waals surface area contributed by atoms with Crippen LogP contribution in [0.25, 0.3) is 0 Å². The minimum Gasteiger partial charge on any atom is -0.494 e. The summed E-state index contributed by atoms with van der Waals surface area (Å²) in [6.07, 6.45) is 3.79. The molecule has 0 bridgehead atoms. The maximum absolute atomic E-state index is 5.47. The number of halogens is 1. The van der Waals surface area contributed by atoms with E-state index in [0.29, 0.717) is 10.2 Å². The van der Waals surface area contributed by atoms with E-state index in [1.165, 1.54) is 24.8 Å². The van der Waals surface area contributed by atoms with Gasteiger partial charge in [-0.3, -0.25) is 0 Å². The highest BCUT2D eigenvalue weighted by molar-refractivity contribution is 9.09. The molecule has 0 aromatic heterocycles. The number of ether oxygens (including phenoxy) is 1. The maximum atomic E-state index is 5.47. The second-order valence-electron chi connectivity index (χ2n) is 4.86. The highest BCUT2D eigenvalue weighted by Gasteiger charge is 2.35. The van der Waals surface area contributed by atoms with Crippen molar-refractivity contribution in [3.05, 3.63) is 29.8 Å². The first-order chi connectivity index (χ1) is 7.64. The van der Waals surface area contributed by atoms with Crippen molar-refractivity contribution in [3.63, 3.8) is 0 Å². The summed E-state index contributed by atoms with van der Waals surface area (Å²) in [6.45, 7) is 5.12. The number of hydrogen-bond acceptors (Lipinski definition) is 1. The summed E-state index contributed by atoms with van der Waals surface area (Å²) in [5.41, 5.74) is 1.79. The third-order valence-corrected chi connectivity index (χ3v) is 4.33. The fraction of sp³-hybridized carbons (Fsp3) is 0.571. The summed E-state index contributed by atoms with van der Waals surface area (Å²) in [6, 6.07) is 8.61. The highest BCUT2D eigenvalue weighted by Crippen LogP contribution is 2.43. The number of rotatable bonds is 3. The summed E-state index contributed by atoms with van der Waals surface area (Å²) >= 11 is 3.73. The third-order valence-electron chi connectivity index (χ3n) is 3.54. The lowest BCUT2D eigenvalue weighted by atomic mass is 9.81. The minimum atomic E-state index is 0.346. The predicted octanol–water partition coefficient (Wildman–Crippen LogP) is 4.29. The van der Waals surface area contributed by atoms with Crippen LogP contribution >= 0.6 is 15.9 Å². The Morgan fingerprint density at radius 2 is 2.06 bits per heavy atom. The van der Waals surface area contributed by atoms with Gasteiger partial charge in [-0.05, 0) is 49.3 Å². The van der Waals surface area contributed by atoms with Gasteiger partial charge in [-0.25, -0.2) is 0 Å². The Hall–Kier alpha value is -0.500. The molecule has 16 heavy (non-hydrogen) atoms. The topological polar surface area (TPSA) is 9.23 Å². The molecule has 1 fully saturated rings. The van der Waals surface area contributed by atoms with Gasteiger partial charge in [0.15, 0.2) is 0 Å². The van der Waals surface area contributed by atoms with Crippen molar-refractivity contribution < 1.29 is 4.74 Å². The normalized spacial score (nSPS) is 29.3. The molecule has 0 aliphatic heterocycles. The molecule has 0 saturated heterocycles. The van der Waals surface area contributed by atoms with Crippen molar-refractivity contribution in [2.75, 3.05) is 6.61 Å². The molecule has 0 radical (unpaired) electrons. The predicted molar refractivity (Wildman–Crippen MR) is 71.5 cm³/mol. The smallest absolute Gasteiger partial charge is 0.119 e. The van der Waals surface area contributed by atoms with E-state index in [4.69, 9.17) is 4.74 Å². The Kier molecular flexibility index (Phi) is 3.58. The minimum absolute atomic E-state index is 0.346. The van der Waals surface area contributed by atoms with Gasteiger partial charge in [0, 0.05) is 4.83 Å². The third kappa shape index (κ3) is 2.42. The van der Waals surface area contributed by atoms with E-state index in [9.17, 15) is 0 Å². The molecule has 0 heterocycles. The summed E-state index contributed by atoms with van der Waals surface area (Å²) < 4.78 is 5.47. The summed E-state index contributed by atoms with van der Waals surface area (Å²) in [4.78, 5) is 0.684. The van der Waals surface area contributed by atoms with Crippen LogP contribution in [-0.4, -0.2) is 11.4 Å². The van der Waals surface area contributed by atoms with Crippen molar-refractivity contribution in [3.8, 4) is 5.75 Å². The van der Waals surface area contributed by atoms with Crippen LogP contribution in [0, 0.1) is 0 Å². The van der Waals surface area contributed by atoms with Crippen molar-refractivity contribution in [2.24, 2.45) is 0 Å². The van der Waals surface area contributed by atoms with Gasteiger partial charge in [-0.1, -0.05) is 35.0 Å². The van der Waals surface area contributed by atoms with E-state index in [-0.39, 0.29) is 0 Å². The largest absolute Gasteiger partial charge is 0.494 e. The van der Waals surface area contributed by atoms with Gasteiger partial charge in [0.2, 0.25) is 0 Å². The molecule has 2 rings (SSSR count). The van der Waals surface area contributed by atoms with Crippen molar-refractivity contribution >= 4 is 15.9 Å². The van der Waals surface area contributed by atoms with E-state index in [2.05, 4.69) is 47.1 Å². The maximum Gasteiger partial charge on any atom is 0.119 e. The second-order valence-corrected chi connectivity index (χ2v) is 6.15. The first-order valence-corrected chi connectivity index (χ1v) is 6.93.